The molecular formula is C34H37F2N9O2S. The van der Waals surface area contributed by atoms with Crippen molar-refractivity contribution in [2.45, 2.75) is 51.2 Å². The molecule has 4 saturated heterocycles. The highest BCUT2D eigenvalue weighted by molar-refractivity contribution is 7.23. The standard InChI is InChI=1S/C34H37F2N9O2S/c1-16(46)7-43-12-19-3-4-20(13-43)45(19)33-27-23-15-47-14-22(23)25(29-26-21(5-37)32(38)48-31(26)24(35)6-39-29)28(36)30(27)40-34(41-33)44-10-17-8-42(2)9-18(17)11-44/h6,16-20,46H,3-4,7-15,38H2,1-2H3/t16-,17?,18?,19?,20?/m1/s1. The molecular weight excluding hydrogens is 636 g/mol. The molecule has 3 aromatic heterocycles. The van der Waals surface area contributed by atoms with Gasteiger partial charge in [0.05, 0.1) is 46.9 Å². The van der Waals surface area contributed by atoms with E-state index >= 15 is 8.78 Å². The first-order chi connectivity index (χ1) is 23.2. The second kappa shape index (κ2) is 11.1. The normalized spacial score (nSPS) is 26.2. The molecule has 8 heterocycles. The summed E-state index contributed by atoms with van der Waals surface area (Å²) in [5.74, 6) is 1.05. The molecule has 0 radical (unpaired) electrons. The second-order valence-electron chi connectivity index (χ2n) is 14.3. The van der Waals surface area contributed by atoms with E-state index in [2.05, 4.69) is 37.7 Å². The van der Waals surface area contributed by atoms with Crippen molar-refractivity contribution < 1.29 is 18.6 Å². The van der Waals surface area contributed by atoms with E-state index in [1.807, 2.05) is 6.92 Å². The molecule has 14 heteroatoms. The summed E-state index contributed by atoms with van der Waals surface area (Å²) in [6.07, 6.45) is 2.61. The van der Waals surface area contributed by atoms with Crippen molar-refractivity contribution in [1.29, 1.82) is 5.26 Å². The number of hydrogen-bond donors (Lipinski definition) is 2. The number of halogens is 2. The topological polar surface area (TPSA) is 131 Å². The minimum absolute atomic E-state index is 0.0912. The van der Waals surface area contributed by atoms with Crippen LogP contribution in [-0.4, -0.2) is 101 Å². The Labute approximate surface area is 280 Å². The Morgan fingerprint density at radius 3 is 2.46 bits per heavy atom. The number of pyridine rings is 1. The van der Waals surface area contributed by atoms with Crippen LogP contribution in [0.2, 0.25) is 0 Å². The first kappa shape index (κ1) is 30.3. The third-order valence-electron chi connectivity index (χ3n) is 11.1. The van der Waals surface area contributed by atoms with Crippen molar-refractivity contribution in [2.24, 2.45) is 11.8 Å². The number of anilines is 3. The van der Waals surface area contributed by atoms with Crippen LogP contribution in [0.25, 0.3) is 32.2 Å². The molecule has 5 atom stereocenters. The van der Waals surface area contributed by atoms with Gasteiger partial charge in [-0.3, -0.25) is 9.88 Å². The van der Waals surface area contributed by atoms with Gasteiger partial charge in [0.15, 0.2) is 11.6 Å². The molecule has 48 heavy (non-hydrogen) atoms. The van der Waals surface area contributed by atoms with E-state index in [0.29, 0.717) is 35.3 Å². The smallest absolute Gasteiger partial charge is 0.228 e. The van der Waals surface area contributed by atoms with Gasteiger partial charge in [-0.1, -0.05) is 0 Å². The van der Waals surface area contributed by atoms with Crippen LogP contribution >= 0.6 is 11.3 Å². The molecule has 2 bridgehead atoms. The summed E-state index contributed by atoms with van der Waals surface area (Å²) >= 11 is 0.966. The van der Waals surface area contributed by atoms with Gasteiger partial charge in [-0.25, -0.2) is 13.8 Å². The van der Waals surface area contributed by atoms with Crippen molar-refractivity contribution in [3.63, 3.8) is 0 Å². The van der Waals surface area contributed by atoms with E-state index in [1.165, 1.54) is 0 Å². The van der Waals surface area contributed by atoms with Crippen molar-refractivity contribution in [1.82, 2.24) is 24.8 Å². The largest absolute Gasteiger partial charge is 0.392 e. The summed E-state index contributed by atoms with van der Waals surface area (Å²) < 4.78 is 38.7. The molecule has 0 saturated carbocycles. The lowest BCUT2D eigenvalue weighted by atomic mass is 9.93. The molecule has 9 rings (SSSR count). The van der Waals surface area contributed by atoms with Crippen LogP contribution in [0, 0.1) is 34.8 Å². The maximum absolute atomic E-state index is 17.5. The molecule has 250 valence electrons. The minimum atomic E-state index is -0.608. The Kier molecular flexibility index (Phi) is 7.04. The van der Waals surface area contributed by atoms with E-state index in [1.54, 1.807) is 0 Å². The maximum atomic E-state index is 17.5. The number of nitrogens with zero attached hydrogens (tertiary/aromatic N) is 8. The van der Waals surface area contributed by atoms with Crippen LogP contribution in [0.5, 0.6) is 0 Å². The summed E-state index contributed by atoms with van der Waals surface area (Å²) in [5.41, 5.74) is 8.20. The Morgan fingerprint density at radius 1 is 1.06 bits per heavy atom. The minimum Gasteiger partial charge on any atom is -0.392 e. The lowest BCUT2D eigenvalue weighted by molar-refractivity contribution is 0.111. The monoisotopic (exact) mass is 673 g/mol. The van der Waals surface area contributed by atoms with Crippen molar-refractivity contribution in [3.05, 3.63) is 34.5 Å². The number of ether oxygens (including phenoxy) is 1. The molecule has 0 spiro atoms. The van der Waals surface area contributed by atoms with Gasteiger partial charge >= 0.3 is 0 Å². The van der Waals surface area contributed by atoms with Crippen molar-refractivity contribution >= 4 is 49.1 Å². The van der Waals surface area contributed by atoms with Crippen LogP contribution in [0.4, 0.5) is 25.5 Å². The fourth-order valence-electron chi connectivity index (χ4n) is 9.21. The van der Waals surface area contributed by atoms with Crippen LogP contribution in [-0.2, 0) is 18.0 Å². The van der Waals surface area contributed by atoms with E-state index in [-0.39, 0.29) is 62.7 Å². The third-order valence-corrected chi connectivity index (χ3v) is 12.1. The van der Waals surface area contributed by atoms with Gasteiger partial charge in [-0.2, -0.15) is 10.2 Å². The third kappa shape index (κ3) is 4.51. The Balaban J connectivity index is 1.27. The molecule has 5 aliphatic heterocycles. The SMILES string of the molecule is C[C@@H](O)CN1CC2CCC(C1)N2c1nc(N2CC3CN(C)CC3C2)nc2c(F)c(-c3ncc(F)c4sc(N)c(C#N)c34)c3c(c12)COC3. The lowest BCUT2D eigenvalue weighted by Gasteiger charge is -2.43. The molecule has 3 N–H and O–H groups in total. The number of fused-ring (bicyclic) bond motifs is 7. The predicted octanol–water partition coefficient (Wildman–Crippen LogP) is 3.70. The number of hydrogen-bond acceptors (Lipinski definition) is 12. The number of benzene rings is 1. The summed E-state index contributed by atoms with van der Waals surface area (Å²) in [4.78, 5) is 24.0. The number of rotatable bonds is 5. The van der Waals surface area contributed by atoms with Gasteiger partial charge < -0.3 is 30.3 Å². The number of aliphatic hydroxyl groups is 1. The highest BCUT2D eigenvalue weighted by Gasteiger charge is 2.44. The van der Waals surface area contributed by atoms with Gasteiger partial charge in [0, 0.05) is 68.8 Å². The number of aromatic nitrogens is 3. The first-order valence-corrected chi connectivity index (χ1v) is 17.5. The van der Waals surface area contributed by atoms with Crippen LogP contribution in [0.1, 0.15) is 36.5 Å². The van der Waals surface area contributed by atoms with Crippen molar-refractivity contribution in [3.8, 4) is 17.3 Å². The zero-order valence-electron chi connectivity index (χ0n) is 26.9. The fraction of sp³-hybridized carbons (Fsp3) is 0.529. The van der Waals surface area contributed by atoms with E-state index < -0.39 is 17.7 Å². The summed E-state index contributed by atoms with van der Waals surface area (Å²) in [7, 11) is 2.15. The predicted molar refractivity (Wildman–Crippen MR) is 180 cm³/mol. The molecule has 0 amide bonds. The molecule has 4 unspecified atom stereocenters. The van der Waals surface area contributed by atoms with Crippen LogP contribution in [0.3, 0.4) is 0 Å². The Bertz CT molecular complexity index is 2000. The average Bonchev–Trinajstić information content (AvgIpc) is 3.86. The van der Waals surface area contributed by atoms with E-state index in [0.717, 1.165) is 81.0 Å². The molecule has 4 aromatic rings. The van der Waals surface area contributed by atoms with Crippen LogP contribution in [0.15, 0.2) is 6.20 Å². The first-order valence-electron chi connectivity index (χ1n) is 16.7. The highest BCUT2D eigenvalue weighted by Crippen LogP contribution is 2.48. The average molecular weight is 674 g/mol. The van der Waals surface area contributed by atoms with Crippen molar-refractivity contribution in [2.75, 3.05) is 68.4 Å². The Hall–Kier alpha value is -3.74. The fourth-order valence-corrected chi connectivity index (χ4v) is 10.1. The number of nitrogens with two attached hydrogens (primary N) is 1. The number of nitrogen functional groups attached to an aromatic ring is 1. The highest BCUT2D eigenvalue weighted by atomic mass is 32.1. The lowest BCUT2D eigenvalue weighted by Crippen LogP contribution is -2.55. The number of thiophene rings is 1. The van der Waals surface area contributed by atoms with Gasteiger partial charge in [-0.15, -0.1) is 11.3 Å². The quantitative estimate of drug-likeness (QED) is 0.322. The molecule has 11 nitrogen and oxygen atoms in total. The number of nitriles is 1. The maximum Gasteiger partial charge on any atom is 0.228 e. The Morgan fingerprint density at radius 2 is 1.77 bits per heavy atom. The zero-order chi connectivity index (χ0) is 33.0. The van der Waals surface area contributed by atoms with Gasteiger partial charge in [-0.05, 0) is 49.8 Å². The molecule has 1 aromatic carbocycles. The van der Waals surface area contributed by atoms with Gasteiger partial charge in [0.25, 0.3) is 0 Å². The van der Waals surface area contributed by atoms with Crippen LogP contribution < -0.4 is 15.5 Å². The summed E-state index contributed by atoms with van der Waals surface area (Å²) in [6, 6.07) is 2.41. The summed E-state index contributed by atoms with van der Waals surface area (Å²) in [6.45, 7) is 8.01. The molecule has 0 aliphatic carbocycles. The van der Waals surface area contributed by atoms with Gasteiger partial charge in [0.1, 0.15) is 22.4 Å². The number of likely N-dealkylation sites (tertiary alicyclic amines) is 2. The molecule has 4 fully saturated rings. The van der Waals surface area contributed by atoms with E-state index in [4.69, 9.17) is 20.4 Å². The number of piperazine rings is 1. The van der Waals surface area contributed by atoms with E-state index in [9.17, 15) is 10.4 Å². The summed E-state index contributed by atoms with van der Waals surface area (Å²) in [5, 5.41) is 21.2. The molecule has 5 aliphatic rings. The van der Waals surface area contributed by atoms with Gasteiger partial charge in [0.2, 0.25) is 5.95 Å². The number of β-amino-alcohol motifs (C(OH)–C–C–N with tert-alkyl or cyclic N) is 1. The number of aliphatic hydroxyl groups excluding tert-OH is 1. The second-order valence-corrected chi connectivity index (χ2v) is 15.4. The zero-order valence-corrected chi connectivity index (χ0v) is 27.7.